The van der Waals surface area contributed by atoms with Crippen LogP contribution in [-0.4, -0.2) is 36.3 Å². The number of fused-ring (bicyclic) bond motifs is 1. The molecule has 2 fully saturated rings. The van der Waals surface area contributed by atoms with Crippen LogP contribution in [0.25, 0.3) is 0 Å². The molecule has 0 aromatic carbocycles. The van der Waals surface area contributed by atoms with Gasteiger partial charge in [0.2, 0.25) is 11.8 Å². The summed E-state index contributed by atoms with van der Waals surface area (Å²) < 4.78 is 0. The maximum absolute atomic E-state index is 11.8. The largest absolute Gasteiger partial charge is 0.347 e. The Balaban J connectivity index is 1.82. The topological polar surface area (TPSA) is 49.4 Å². The fourth-order valence-corrected chi connectivity index (χ4v) is 2.92. The molecular weight excluding hydrogens is 204 g/mol. The maximum Gasteiger partial charge on any atom is 0.241 e. The summed E-state index contributed by atoms with van der Waals surface area (Å²) in [6.45, 7) is 3.41. The lowest BCUT2D eigenvalue weighted by Crippen LogP contribution is -2.38. The fourth-order valence-electron chi connectivity index (χ4n) is 2.92. The van der Waals surface area contributed by atoms with Gasteiger partial charge in [-0.2, -0.15) is 0 Å². The molecule has 0 aromatic heterocycles. The van der Waals surface area contributed by atoms with Gasteiger partial charge in [0.15, 0.2) is 0 Å². The molecule has 1 aliphatic carbocycles. The normalized spacial score (nSPS) is 28.7. The van der Waals surface area contributed by atoms with Gasteiger partial charge in [0.05, 0.1) is 6.54 Å². The first-order valence-corrected chi connectivity index (χ1v) is 6.19. The Morgan fingerprint density at radius 3 is 2.25 bits per heavy atom. The molecule has 2 rings (SSSR count). The van der Waals surface area contributed by atoms with Gasteiger partial charge in [-0.15, -0.1) is 0 Å². The van der Waals surface area contributed by atoms with Crippen LogP contribution in [0.3, 0.4) is 0 Å². The quantitative estimate of drug-likeness (QED) is 0.753. The molecule has 2 aliphatic rings. The van der Waals surface area contributed by atoms with Gasteiger partial charge in [-0.25, -0.2) is 0 Å². The molecule has 1 N–H and O–H groups in total. The third kappa shape index (κ3) is 2.54. The van der Waals surface area contributed by atoms with Crippen LogP contribution in [0.2, 0.25) is 0 Å². The first-order valence-electron chi connectivity index (χ1n) is 6.19. The van der Waals surface area contributed by atoms with Crippen LogP contribution in [0.5, 0.6) is 0 Å². The zero-order chi connectivity index (χ0) is 11.5. The van der Waals surface area contributed by atoms with E-state index >= 15 is 0 Å². The summed E-state index contributed by atoms with van der Waals surface area (Å²) in [7, 11) is 0. The highest BCUT2D eigenvalue weighted by Crippen LogP contribution is 2.35. The summed E-state index contributed by atoms with van der Waals surface area (Å²) in [5.41, 5.74) is 0. The highest BCUT2D eigenvalue weighted by molar-refractivity contribution is 5.83. The number of rotatable bonds is 2. The molecule has 0 bridgehead atoms. The minimum Gasteiger partial charge on any atom is -0.347 e. The van der Waals surface area contributed by atoms with E-state index in [0.29, 0.717) is 0 Å². The molecule has 0 aromatic rings. The summed E-state index contributed by atoms with van der Waals surface area (Å²) in [5.74, 6) is 1.37. The molecule has 2 unspecified atom stereocenters. The van der Waals surface area contributed by atoms with Gasteiger partial charge >= 0.3 is 0 Å². The second kappa shape index (κ2) is 4.85. The van der Waals surface area contributed by atoms with E-state index < -0.39 is 0 Å². The third-order valence-corrected chi connectivity index (χ3v) is 3.82. The van der Waals surface area contributed by atoms with E-state index in [1.165, 1.54) is 32.6 Å². The lowest BCUT2D eigenvalue weighted by atomic mass is 9.82. The molecule has 2 amide bonds. The van der Waals surface area contributed by atoms with E-state index in [-0.39, 0.29) is 18.4 Å². The highest BCUT2D eigenvalue weighted by atomic mass is 16.2. The fraction of sp³-hybridized carbons (Fsp3) is 0.833. The Hall–Kier alpha value is -1.06. The Morgan fingerprint density at radius 1 is 1.19 bits per heavy atom. The number of nitrogens with one attached hydrogen (secondary N) is 1. The summed E-state index contributed by atoms with van der Waals surface area (Å²) >= 11 is 0. The van der Waals surface area contributed by atoms with Crippen molar-refractivity contribution in [1.29, 1.82) is 0 Å². The smallest absolute Gasteiger partial charge is 0.241 e. The van der Waals surface area contributed by atoms with Crippen molar-refractivity contribution in [3.05, 3.63) is 0 Å². The van der Waals surface area contributed by atoms with Crippen LogP contribution in [0.1, 0.15) is 32.6 Å². The van der Waals surface area contributed by atoms with Crippen LogP contribution >= 0.6 is 0 Å². The maximum atomic E-state index is 11.8. The Kier molecular flexibility index (Phi) is 3.46. The summed E-state index contributed by atoms with van der Waals surface area (Å²) in [6, 6.07) is 0. The van der Waals surface area contributed by atoms with Crippen molar-refractivity contribution in [2.75, 3.05) is 19.6 Å². The highest BCUT2D eigenvalue weighted by Gasteiger charge is 2.36. The van der Waals surface area contributed by atoms with Crippen LogP contribution in [0, 0.1) is 11.8 Å². The summed E-state index contributed by atoms with van der Waals surface area (Å²) in [4.78, 5) is 24.5. The van der Waals surface area contributed by atoms with E-state index in [1.807, 2.05) is 4.90 Å². The molecule has 1 saturated carbocycles. The third-order valence-electron chi connectivity index (χ3n) is 3.82. The lowest BCUT2D eigenvalue weighted by molar-refractivity contribution is -0.131. The van der Waals surface area contributed by atoms with E-state index in [0.717, 1.165) is 24.9 Å². The Labute approximate surface area is 96.4 Å². The standard InChI is InChI=1S/C12H20N2O2/c1-9(15)13-6-12(16)14-7-10-4-2-3-5-11(10)8-14/h10-11H,2-8H2,1H3,(H,13,15). The summed E-state index contributed by atoms with van der Waals surface area (Å²) in [5, 5.41) is 2.57. The first-order chi connectivity index (χ1) is 7.66. The second-order valence-electron chi connectivity index (χ2n) is 5.01. The molecular formula is C12H20N2O2. The number of carbonyl (C=O) groups excluding carboxylic acids is 2. The van der Waals surface area contributed by atoms with Gasteiger partial charge in [0, 0.05) is 20.0 Å². The van der Waals surface area contributed by atoms with E-state index in [1.54, 1.807) is 0 Å². The van der Waals surface area contributed by atoms with Crippen LogP contribution in [0.4, 0.5) is 0 Å². The molecule has 1 saturated heterocycles. The van der Waals surface area contributed by atoms with Crippen molar-refractivity contribution < 1.29 is 9.59 Å². The van der Waals surface area contributed by atoms with Gasteiger partial charge in [0.25, 0.3) is 0 Å². The van der Waals surface area contributed by atoms with Gasteiger partial charge in [-0.3, -0.25) is 9.59 Å². The van der Waals surface area contributed by atoms with E-state index in [4.69, 9.17) is 0 Å². The molecule has 16 heavy (non-hydrogen) atoms. The zero-order valence-electron chi connectivity index (χ0n) is 9.87. The molecule has 0 radical (unpaired) electrons. The number of hydrogen-bond acceptors (Lipinski definition) is 2. The summed E-state index contributed by atoms with van der Waals surface area (Å²) in [6.07, 6.45) is 5.17. The molecule has 1 aliphatic heterocycles. The molecule has 4 heteroatoms. The molecule has 4 nitrogen and oxygen atoms in total. The van der Waals surface area contributed by atoms with Crippen LogP contribution in [-0.2, 0) is 9.59 Å². The average molecular weight is 224 g/mol. The number of nitrogens with zero attached hydrogens (tertiary/aromatic N) is 1. The Bertz CT molecular complexity index is 277. The van der Waals surface area contributed by atoms with Gasteiger partial charge in [-0.1, -0.05) is 12.8 Å². The van der Waals surface area contributed by atoms with E-state index in [2.05, 4.69) is 5.32 Å². The van der Waals surface area contributed by atoms with E-state index in [9.17, 15) is 9.59 Å². The van der Waals surface area contributed by atoms with Crippen molar-refractivity contribution >= 4 is 11.8 Å². The minimum absolute atomic E-state index is 0.0737. The predicted octanol–water partition coefficient (Wildman–Crippen LogP) is 0.771. The number of hydrogen-bond donors (Lipinski definition) is 1. The molecule has 90 valence electrons. The average Bonchev–Trinajstić information content (AvgIpc) is 2.69. The van der Waals surface area contributed by atoms with Gasteiger partial charge in [0.1, 0.15) is 0 Å². The van der Waals surface area contributed by atoms with Gasteiger partial charge in [-0.05, 0) is 24.7 Å². The van der Waals surface area contributed by atoms with Crippen molar-refractivity contribution in [3.8, 4) is 0 Å². The molecule has 2 atom stereocenters. The lowest BCUT2D eigenvalue weighted by Gasteiger charge is -2.22. The molecule has 0 spiro atoms. The van der Waals surface area contributed by atoms with Gasteiger partial charge < -0.3 is 10.2 Å². The predicted molar refractivity (Wildman–Crippen MR) is 60.7 cm³/mol. The minimum atomic E-state index is -0.134. The van der Waals surface area contributed by atoms with Crippen molar-refractivity contribution in [2.24, 2.45) is 11.8 Å². The zero-order valence-corrected chi connectivity index (χ0v) is 9.87. The van der Waals surface area contributed by atoms with Crippen molar-refractivity contribution in [2.45, 2.75) is 32.6 Å². The van der Waals surface area contributed by atoms with Crippen molar-refractivity contribution in [1.82, 2.24) is 10.2 Å². The monoisotopic (exact) mass is 224 g/mol. The number of carbonyl (C=O) groups is 2. The van der Waals surface area contributed by atoms with Crippen LogP contribution < -0.4 is 5.32 Å². The number of amides is 2. The molecule has 1 heterocycles. The van der Waals surface area contributed by atoms with Crippen LogP contribution in [0.15, 0.2) is 0 Å². The SMILES string of the molecule is CC(=O)NCC(=O)N1CC2CCCCC2C1. The number of likely N-dealkylation sites (tertiary alicyclic amines) is 1. The van der Waals surface area contributed by atoms with Crippen molar-refractivity contribution in [3.63, 3.8) is 0 Å². The first kappa shape index (κ1) is 11.4. The Morgan fingerprint density at radius 2 is 1.75 bits per heavy atom. The second-order valence-corrected chi connectivity index (χ2v) is 5.01.